The molecule has 0 radical (unpaired) electrons. The molecule has 2 aliphatic rings. The van der Waals surface area contributed by atoms with Gasteiger partial charge >= 0.3 is 0 Å². The highest BCUT2D eigenvalue weighted by molar-refractivity contribution is 7.22. The predicted molar refractivity (Wildman–Crippen MR) is 131 cm³/mol. The van der Waals surface area contributed by atoms with E-state index in [2.05, 4.69) is 10.3 Å². The fraction of sp³-hybridized carbons (Fsp3) is 0.400. The fourth-order valence-corrected chi connectivity index (χ4v) is 5.30. The molecule has 35 heavy (non-hydrogen) atoms. The summed E-state index contributed by atoms with van der Waals surface area (Å²) in [5, 5.41) is 3.31. The largest absolute Gasteiger partial charge is 0.497 e. The molecule has 3 aromatic rings. The molecule has 184 valence electrons. The summed E-state index contributed by atoms with van der Waals surface area (Å²) in [4.78, 5) is 31.4. The van der Waals surface area contributed by atoms with Gasteiger partial charge in [-0.3, -0.25) is 9.59 Å². The van der Waals surface area contributed by atoms with Crippen molar-refractivity contribution in [2.45, 2.75) is 31.5 Å². The van der Waals surface area contributed by atoms with Crippen LogP contribution in [-0.4, -0.2) is 61.9 Å². The molecule has 0 spiro atoms. The maximum absolute atomic E-state index is 12.7. The van der Waals surface area contributed by atoms with Gasteiger partial charge in [0.1, 0.15) is 5.75 Å². The van der Waals surface area contributed by atoms with Crippen molar-refractivity contribution in [1.29, 1.82) is 0 Å². The van der Waals surface area contributed by atoms with E-state index in [1.54, 1.807) is 19.1 Å². The van der Waals surface area contributed by atoms with Gasteiger partial charge in [0.05, 0.1) is 37.6 Å². The molecule has 2 saturated heterocycles. The predicted octanol–water partition coefficient (Wildman–Crippen LogP) is 3.78. The minimum atomic E-state index is -0.284. The zero-order valence-corrected chi connectivity index (χ0v) is 20.4. The number of carbonyl (C=O) groups is 2. The van der Waals surface area contributed by atoms with Crippen molar-refractivity contribution < 1.29 is 28.5 Å². The van der Waals surface area contributed by atoms with Gasteiger partial charge in [0.2, 0.25) is 11.8 Å². The summed E-state index contributed by atoms with van der Waals surface area (Å²) in [7, 11) is 3.20. The molecule has 1 unspecified atom stereocenters. The van der Waals surface area contributed by atoms with Crippen LogP contribution in [0, 0.1) is 0 Å². The van der Waals surface area contributed by atoms with E-state index in [9.17, 15) is 9.59 Å². The van der Waals surface area contributed by atoms with Crippen molar-refractivity contribution in [3.63, 3.8) is 0 Å². The first-order valence-corrected chi connectivity index (χ1v) is 12.3. The van der Waals surface area contributed by atoms with Gasteiger partial charge in [-0.1, -0.05) is 17.4 Å². The number of methoxy groups -OCH3 is 2. The van der Waals surface area contributed by atoms with Gasteiger partial charge in [-0.25, -0.2) is 4.98 Å². The van der Waals surface area contributed by atoms with Crippen molar-refractivity contribution in [2.75, 3.05) is 39.2 Å². The quantitative estimate of drug-likeness (QED) is 0.506. The van der Waals surface area contributed by atoms with Crippen LogP contribution in [-0.2, 0) is 14.3 Å². The first kappa shape index (κ1) is 23.4. The van der Waals surface area contributed by atoms with Crippen LogP contribution in [0.25, 0.3) is 10.2 Å². The Bertz CT molecular complexity index is 1240. The van der Waals surface area contributed by atoms with Gasteiger partial charge in [0, 0.05) is 25.3 Å². The molecule has 0 bridgehead atoms. The number of hydrogen-bond donors (Lipinski definition) is 1. The third-order valence-electron chi connectivity index (χ3n) is 6.20. The number of thiazole rings is 1. The molecule has 3 heterocycles. The van der Waals surface area contributed by atoms with Crippen LogP contribution in [0.1, 0.15) is 30.7 Å². The van der Waals surface area contributed by atoms with E-state index in [1.807, 2.05) is 36.4 Å². The maximum atomic E-state index is 12.7. The van der Waals surface area contributed by atoms with Gasteiger partial charge in [0.15, 0.2) is 22.9 Å². The number of nitrogens with one attached hydrogen (secondary N) is 1. The number of amides is 2. The number of likely N-dealkylation sites (tertiary alicyclic amines) is 1. The monoisotopic (exact) mass is 497 g/mol. The summed E-state index contributed by atoms with van der Waals surface area (Å²) in [5.41, 5.74) is 1.75. The molecule has 2 atom stereocenters. The van der Waals surface area contributed by atoms with Crippen molar-refractivity contribution >= 4 is 38.5 Å². The summed E-state index contributed by atoms with van der Waals surface area (Å²) in [6.07, 6.45) is 1.85. The number of anilines is 1. The lowest BCUT2D eigenvalue weighted by Gasteiger charge is -2.19. The molecule has 1 aromatic heterocycles. The Hall–Kier alpha value is -3.37. The van der Waals surface area contributed by atoms with Crippen molar-refractivity contribution in [2.24, 2.45) is 0 Å². The van der Waals surface area contributed by atoms with Gasteiger partial charge in [-0.15, -0.1) is 0 Å². The van der Waals surface area contributed by atoms with Crippen LogP contribution < -0.4 is 19.5 Å². The molecule has 2 amide bonds. The number of aromatic nitrogens is 1. The highest BCUT2D eigenvalue weighted by atomic mass is 32.1. The number of carbonyl (C=O) groups excluding carboxylic acids is 2. The normalized spacial score (nSPS) is 19.8. The second kappa shape index (κ2) is 10.1. The molecule has 0 aliphatic carbocycles. The minimum Gasteiger partial charge on any atom is -0.497 e. The smallest absolute Gasteiger partial charge is 0.245 e. The third-order valence-corrected chi connectivity index (χ3v) is 7.13. The lowest BCUT2D eigenvalue weighted by atomic mass is 9.98. The lowest BCUT2D eigenvalue weighted by molar-refractivity contribution is -0.131. The van der Waals surface area contributed by atoms with Crippen LogP contribution in [0.2, 0.25) is 0 Å². The van der Waals surface area contributed by atoms with E-state index in [1.165, 1.54) is 11.3 Å². The number of hydrogen-bond acceptors (Lipinski definition) is 8. The summed E-state index contributed by atoms with van der Waals surface area (Å²) in [5.74, 6) is 1.59. The summed E-state index contributed by atoms with van der Waals surface area (Å²) in [6.45, 7) is 1.12. The Balaban J connectivity index is 1.23. The first-order valence-electron chi connectivity index (χ1n) is 11.5. The van der Waals surface area contributed by atoms with E-state index in [-0.39, 0.29) is 30.6 Å². The number of nitrogens with zero attached hydrogens (tertiary/aromatic N) is 2. The molecule has 2 aliphatic heterocycles. The van der Waals surface area contributed by atoms with Gasteiger partial charge in [0.25, 0.3) is 0 Å². The Kier molecular flexibility index (Phi) is 6.74. The van der Waals surface area contributed by atoms with Crippen LogP contribution >= 0.6 is 11.3 Å². The molecule has 9 nitrogen and oxygen atoms in total. The number of fused-ring (bicyclic) bond motifs is 1. The molecule has 0 saturated carbocycles. The van der Waals surface area contributed by atoms with E-state index in [0.717, 1.165) is 34.4 Å². The number of ether oxygens (including phenoxy) is 4. The maximum Gasteiger partial charge on any atom is 0.245 e. The van der Waals surface area contributed by atoms with E-state index in [4.69, 9.17) is 18.9 Å². The van der Waals surface area contributed by atoms with E-state index >= 15 is 0 Å². The Morgan fingerprint density at radius 2 is 2.09 bits per heavy atom. The fourth-order valence-electron chi connectivity index (χ4n) is 4.39. The van der Waals surface area contributed by atoms with Crippen LogP contribution in [0.3, 0.4) is 0 Å². The average Bonchev–Trinajstić information content (AvgIpc) is 3.59. The minimum absolute atomic E-state index is 0.0238. The van der Waals surface area contributed by atoms with E-state index < -0.39 is 0 Å². The molecule has 2 aromatic carbocycles. The molecule has 5 rings (SSSR count). The number of benzene rings is 2. The average molecular weight is 498 g/mol. The lowest BCUT2D eigenvalue weighted by Crippen LogP contribution is -2.34. The molecule has 2 fully saturated rings. The van der Waals surface area contributed by atoms with Crippen molar-refractivity contribution in [1.82, 2.24) is 9.88 Å². The van der Waals surface area contributed by atoms with Gasteiger partial charge < -0.3 is 29.2 Å². The highest BCUT2D eigenvalue weighted by Gasteiger charge is 2.32. The molecular weight excluding hydrogens is 470 g/mol. The topological polar surface area (TPSA) is 99.2 Å². The molecule has 10 heteroatoms. The second-order valence-corrected chi connectivity index (χ2v) is 9.58. The Labute approximate surface area is 206 Å². The zero-order chi connectivity index (χ0) is 24.4. The standard InChI is InChI=1S/C25H27N3O6S/c1-31-17-6-7-18-21(12-17)35-25(26-18)27-22(29)14-28-13-16(11-23(28)30)15-5-8-19(32-2)20(10-15)34-24-4-3-9-33-24/h5-8,10,12,16,24H,3-4,9,11,13-14H2,1-2H3,(H,26,27,29)/t16-,24?/m1/s1. The second-order valence-electron chi connectivity index (χ2n) is 8.55. The Morgan fingerprint density at radius 3 is 2.86 bits per heavy atom. The summed E-state index contributed by atoms with van der Waals surface area (Å²) < 4.78 is 23.2. The van der Waals surface area contributed by atoms with Crippen molar-refractivity contribution in [3.05, 3.63) is 42.0 Å². The summed E-state index contributed by atoms with van der Waals surface area (Å²) in [6, 6.07) is 11.3. The van der Waals surface area contributed by atoms with E-state index in [0.29, 0.717) is 36.2 Å². The SMILES string of the molecule is COc1ccc2nc(NC(=O)CN3C[C@H](c4ccc(OC)c(OC5CCCO5)c4)CC3=O)sc2c1. The number of rotatable bonds is 8. The summed E-state index contributed by atoms with van der Waals surface area (Å²) >= 11 is 1.37. The van der Waals surface area contributed by atoms with Crippen LogP contribution in [0.15, 0.2) is 36.4 Å². The van der Waals surface area contributed by atoms with Gasteiger partial charge in [-0.2, -0.15) is 0 Å². The first-order chi connectivity index (χ1) is 17.0. The molecule has 1 N–H and O–H groups in total. The van der Waals surface area contributed by atoms with Gasteiger partial charge in [-0.05, 0) is 42.3 Å². The zero-order valence-electron chi connectivity index (χ0n) is 19.6. The highest BCUT2D eigenvalue weighted by Crippen LogP contribution is 2.36. The Morgan fingerprint density at radius 1 is 1.20 bits per heavy atom. The van der Waals surface area contributed by atoms with Crippen LogP contribution in [0.4, 0.5) is 5.13 Å². The third kappa shape index (κ3) is 5.18. The van der Waals surface area contributed by atoms with Crippen LogP contribution in [0.5, 0.6) is 17.2 Å². The molecular formula is C25H27N3O6S. The van der Waals surface area contributed by atoms with Crippen molar-refractivity contribution in [3.8, 4) is 17.2 Å².